The molecule has 0 aliphatic heterocycles. The number of benzene rings is 2. The number of hydrogen-bond donors (Lipinski definition) is 1. The predicted octanol–water partition coefficient (Wildman–Crippen LogP) is -9.85. The second-order valence-electron chi connectivity index (χ2n) is 7.06. The number of carboxylic acid groups (broad SMARTS) is 2. The molecule has 0 saturated heterocycles. The third-order valence-electron chi connectivity index (χ3n) is 4.70. The van der Waals surface area contributed by atoms with Gasteiger partial charge in [-0.2, -0.15) is 0 Å². The molecule has 9 N–H and O–H groups in total. The van der Waals surface area contributed by atoms with Gasteiger partial charge < -0.3 is 65.1 Å². The average molecular weight is 584 g/mol. The SMILES string of the molecule is O.O.O.O.O=C([O-])c1cc(=O)c2c(OCC(O)COc3cccc4oc(C(=O)[O-])cc(=O)c34)cccc2o1.[Na+].[Na+]. The van der Waals surface area contributed by atoms with Gasteiger partial charge in [0, 0.05) is 12.1 Å². The number of rotatable bonds is 8. The van der Waals surface area contributed by atoms with Crippen molar-refractivity contribution in [2.24, 2.45) is 0 Å². The fourth-order valence-corrected chi connectivity index (χ4v) is 3.22. The minimum Gasteiger partial charge on any atom is -0.542 e. The van der Waals surface area contributed by atoms with E-state index in [1.54, 1.807) is 0 Å². The summed E-state index contributed by atoms with van der Waals surface area (Å²) in [7, 11) is 0. The Morgan fingerprint density at radius 2 is 1.07 bits per heavy atom. The van der Waals surface area contributed by atoms with Crippen molar-refractivity contribution in [3.05, 3.63) is 80.5 Å². The zero-order chi connectivity index (χ0) is 24.4. The standard InChI is InChI=1S/C23H16O11.2Na.4H2O/c24-11(9-31-14-3-1-5-16-20(14)12(25)7-18(33-16)22(27)28)10-32-15-4-2-6-17-21(15)13(26)8-19(34-17)23(29)30;;;;;;/h1-8,11,24H,9-10H2,(H,27,28)(H,29,30);;;4*1H2/q;2*+1;;;;/p-2. The van der Waals surface area contributed by atoms with Gasteiger partial charge in [-0.05, 0) is 24.3 Å². The molecule has 0 radical (unpaired) electrons. The zero-order valence-electron chi connectivity index (χ0n) is 21.1. The van der Waals surface area contributed by atoms with Crippen LogP contribution < -0.4 is 89.7 Å². The number of carbonyl (C=O) groups is 2. The van der Waals surface area contributed by atoms with Crippen LogP contribution in [0.4, 0.5) is 0 Å². The van der Waals surface area contributed by atoms with Crippen molar-refractivity contribution < 1.29 is 124 Å². The van der Waals surface area contributed by atoms with E-state index < -0.39 is 40.4 Å². The van der Waals surface area contributed by atoms with E-state index in [9.17, 15) is 34.5 Å². The largest absolute Gasteiger partial charge is 1.00 e. The molecule has 4 aromatic rings. The summed E-state index contributed by atoms with van der Waals surface area (Å²) in [5, 5.41) is 32.1. The first-order valence-electron chi connectivity index (χ1n) is 9.74. The van der Waals surface area contributed by atoms with Crippen LogP contribution in [-0.4, -0.2) is 58.3 Å². The summed E-state index contributed by atoms with van der Waals surface area (Å²) in [4.78, 5) is 46.5. The van der Waals surface area contributed by atoms with Gasteiger partial charge in [0.05, 0.1) is 0 Å². The minimum absolute atomic E-state index is 0. The van der Waals surface area contributed by atoms with Crippen molar-refractivity contribution in [3.8, 4) is 11.5 Å². The van der Waals surface area contributed by atoms with Crippen molar-refractivity contribution in [3.63, 3.8) is 0 Å². The molecule has 0 bridgehead atoms. The Morgan fingerprint density at radius 3 is 1.40 bits per heavy atom. The number of aliphatic hydroxyl groups excluding tert-OH is 1. The molecule has 2 heterocycles. The second-order valence-corrected chi connectivity index (χ2v) is 7.06. The molecule has 15 nitrogen and oxygen atoms in total. The molecule has 0 amide bonds. The summed E-state index contributed by atoms with van der Waals surface area (Å²) in [5.74, 6) is -4.44. The molecule has 0 atom stereocenters. The molecule has 0 unspecified atom stereocenters. The number of ether oxygens (including phenoxy) is 2. The van der Waals surface area contributed by atoms with Crippen molar-refractivity contribution in [1.29, 1.82) is 0 Å². The van der Waals surface area contributed by atoms with Gasteiger partial charge in [0.2, 0.25) is 0 Å². The first kappa shape index (κ1) is 41.7. The van der Waals surface area contributed by atoms with E-state index in [2.05, 4.69) is 0 Å². The Balaban J connectivity index is -0.00000228. The zero-order valence-corrected chi connectivity index (χ0v) is 25.1. The number of fused-ring (bicyclic) bond motifs is 2. The minimum atomic E-state index is -1.64. The quantitative estimate of drug-likeness (QED) is 0.189. The van der Waals surface area contributed by atoms with E-state index >= 15 is 0 Å². The number of hydrogen-bond acceptors (Lipinski definition) is 11. The average Bonchev–Trinajstić information content (AvgIpc) is 2.80. The maximum Gasteiger partial charge on any atom is 1.00 e. The van der Waals surface area contributed by atoms with Crippen LogP contribution in [0.25, 0.3) is 21.9 Å². The Bertz CT molecular complexity index is 1430. The molecule has 0 aliphatic rings. The van der Waals surface area contributed by atoms with Crippen LogP contribution in [0, 0.1) is 0 Å². The molecule has 0 spiro atoms. The fraction of sp³-hybridized carbons (Fsp3) is 0.130. The molecule has 2 aromatic carbocycles. The molecule has 17 heteroatoms. The van der Waals surface area contributed by atoms with Crippen molar-refractivity contribution in [2.75, 3.05) is 13.2 Å². The number of aliphatic hydroxyl groups is 1. The van der Waals surface area contributed by atoms with Gasteiger partial charge in [0.25, 0.3) is 0 Å². The van der Waals surface area contributed by atoms with Gasteiger partial charge in [-0.25, -0.2) is 0 Å². The summed E-state index contributed by atoms with van der Waals surface area (Å²) in [6.07, 6.45) is -1.21. The topological polar surface area (TPSA) is 305 Å². The fourth-order valence-electron chi connectivity index (χ4n) is 3.22. The van der Waals surface area contributed by atoms with Crippen LogP contribution >= 0.6 is 0 Å². The van der Waals surface area contributed by atoms with Gasteiger partial charge in [-0.1, -0.05) is 12.1 Å². The van der Waals surface area contributed by atoms with Gasteiger partial charge in [-0.15, -0.1) is 0 Å². The van der Waals surface area contributed by atoms with Gasteiger partial charge in [-0.3, -0.25) is 9.59 Å². The summed E-state index contributed by atoms with van der Waals surface area (Å²) >= 11 is 0. The molecule has 206 valence electrons. The van der Waals surface area contributed by atoms with Crippen molar-refractivity contribution in [1.82, 2.24) is 0 Å². The van der Waals surface area contributed by atoms with Crippen LogP contribution in [0.5, 0.6) is 11.5 Å². The molecule has 40 heavy (non-hydrogen) atoms. The van der Waals surface area contributed by atoms with Crippen LogP contribution in [0.3, 0.4) is 0 Å². The molecule has 0 saturated carbocycles. The molecule has 4 rings (SSSR count). The number of carbonyl (C=O) groups excluding carboxylic acids is 2. The molecule has 0 aliphatic carbocycles. The van der Waals surface area contributed by atoms with Gasteiger partial charge >= 0.3 is 59.1 Å². The Labute approximate surface area is 267 Å². The van der Waals surface area contributed by atoms with E-state index in [0.29, 0.717) is 0 Å². The smallest absolute Gasteiger partial charge is 0.542 e. The van der Waals surface area contributed by atoms with Crippen LogP contribution in [0.2, 0.25) is 0 Å². The van der Waals surface area contributed by atoms with Crippen molar-refractivity contribution >= 4 is 33.9 Å². The first-order valence-corrected chi connectivity index (χ1v) is 9.74. The van der Waals surface area contributed by atoms with Gasteiger partial charge in [0.1, 0.15) is 64.7 Å². The van der Waals surface area contributed by atoms with Crippen LogP contribution in [0.1, 0.15) is 21.1 Å². The third kappa shape index (κ3) is 9.12. The Morgan fingerprint density at radius 1 is 0.725 bits per heavy atom. The van der Waals surface area contributed by atoms with Crippen molar-refractivity contribution in [2.45, 2.75) is 6.10 Å². The second kappa shape index (κ2) is 17.8. The summed E-state index contributed by atoms with van der Waals surface area (Å²) in [5.41, 5.74) is -1.40. The number of aromatic carboxylic acids is 2. The molecular weight excluding hydrogens is 562 g/mol. The Hall–Kier alpha value is -2.80. The first-order chi connectivity index (χ1) is 16.2. The summed E-state index contributed by atoms with van der Waals surface area (Å²) < 4.78 is 21.2. The normalized spacial score (nSPS) is 9.45. The monoisotopic (exact) mass is 584 g/mol. The summed E-state index contributed by atoms with van der Waals surface area (Å²) in [6, 6.07) is 10.1. The van der Waals surface area contributed by atoms with E-state index in [1.807, 2.05) is 0 Å². The molecular formula is C23H22Na2O15. The third-order valence-corrected chi connectivity index (χ3v) is 4.70. The number of carboxylic acids is 2. The predicted molar refractivity (Wildman–Crippen MR) is 125 cm³/mol. The van der Waals surface area contributed by atoms with Crippen LogP contribution in [0.15, 0.2) is 67.0 Å². The van der Waals surface area contributed by atoms with Crippen LogP contribution in [-0.2, 0) is 0 Å². The van der Waals surface area contributed by atoms with E-state index in [0.717, 1.165) is 12.1 Å². The maximum absolute atomic E-state index is 12.3. The molecule has 0 fully saturated rings. The maximum atomic E-state index is 12.3. The van der Waals surface area contributed by atoms with E-state index in [1.165, 1.54) is 36.4 Å². The van der Waals surface area contributed by atoms with Gasteiger partial charge in [0.15, 0.2) is 22.4 Å². The Kier molecular flexibility index (Phi) is 18.5. The molecule has 2 aromatic heterocycles. The van der Waals surface area contributed by atoms with E-state index in [4.69, 9.17) is 18.3 Å². The van der Waals surface area contributed by atoms with E-state index in [-0.39, 0.29) is 128 Å². The summed E-state index contributed by atoms with van der Waals surface area (Å²) in [6.45, 7) is -0.649.